The summed E-state index contributed by atoms with van der Waals surface area (Å²) in [5, 5.41) is 15.3. The predicted molar refractivity (Wildman–Crippen MR) is 136 cm³/mol. The van der Waals surface area contributed by atoms with Crippen molar-refractivity contribution in [1.82, 2.24) is 25.4 Å². The topological polar surface area (TPSA) is 88.9 Å². The van der Waals surface area contributed by atoms with Crippen LogP contribution in [-0.2, 0) is 17.8 Å². The highest BCUT2D eigenvalue weighted by Crippen LogP contribution is 2.25. The lowest BCUT2D eigenvalue weighted by atomic mass is 10.0. The number of amides is 2. The summed E-state index contributed by atoms with van der Waals surface area (Å²) in [5.41, 5.74) is 1.77. The van der Waals surface area contributed by atoms with E-state index in [2.05, 4.69) is 27.4 Å². The molecule has 2 N–H and O–H groups in total. The van der Waals surface area contributed by atoms with Gasteiger partial charge in [0.05, 0.1) is 11.8 Å². The quantitative estimate of drug-likeness (QED) is 0.304. The van der Waals surface area contributed by atoms with Gasteiger partial charge in [-0.25, -0.2) is 0 Å². The van der Waals surface area contributed by atoms with Crippen LogP contribution in [0.1, 0.15) is 41.6 Å². The van der Waals surface area contributed by atoms with E-state index in [-0.39, 0.29) is 29.5 Å². The summed E-state index contributed by atoms with van der Waals surface area (Å²) >= 11 is 1.32. The van der Waals surface area contributed by atoms with Gasteiger partial charge in [-0.3, -0.25) is 9.59 Å². The summed E-state index contributed by atoms with van der Waals surface area (Å²) in [5.74, 6) is 0.728. The molecule has 34 heavy (non-hydrogen) atoms. The minimum atomic E-state index is -0.339. The number of thioether (sulfide) groups is 1. The molecule has 2 amide bonds. The zero-order valence-corrected chi connectivity index (χ0v) is 20.4. The van der Waals surface area contributed by atoms with Gasteiger partial charge in [0, 0.05) is 18.7 Å². The second-order valence-corrected chi connectivity index (χ2v) is 9.12. The molecule has 0 unspecified atom stereocenters. The van der Waals surface area contributed by atoms with E-state index in [1.54, 1.807) is 18.2 Å². The van der Waals surface area contributed by atoms with E-state index in [0.29, 0.717) is 29.6 Å². The van der Waals surface area contributed by atoms with Gasteiger partial charge in [-0.2, -0.15) is 0 Å². The molecular weight excluding hydrogens is 446 g/mol. The molecule has 0 aliphatic heterocycles. The van der Waals surface area contributed by atoms with E-state index < -0.39 is 0 Å². The van der Waals surface area contributed by atoms with E-state index in [1.165, 1.54) is 17.3 Å². The Kier molecular flexibility index (Phi) is 9.46. The molecule has 0 saturated heterocycles. The molecule has 3 aromatic rings. The number of nitrogens with one attached hydrogen (secondary N) is 2. The predicted octanol–water partition coefficient (Wildman–Crippen LogP) is 4.04. The lowest BCUT2D eigenvalue weighted by Gasteiger charge is -2.22. The van der Waals surface area contributed by atoms with Crippen molar-refractivity contribution in [2.45, 2.75) is 38.0 Å². The summed E-state index contributed by atoms with van der Waals surface area (Å²) in [7, 11) is 0. The summed E-state index contributed by atoms with van der Waals surface area (Å²) in [6.45, 7) is 8.95. The first-order valence-electron chi connectivity index (χ1n) is 11.3. The second kappa shape index (κ2) is 12.7. The molecule has 3 rings (SSSR count). The minimum Gasteiger partial charge on any atom is -0.355 e. The van der Waals surface area contributed by atoms with Crippen LogP contribution < -0.4 is 10.6 Å². The van der Waals surface area contributed by atoms with Crippen molar-refractivity contribution in [3.05, 3.63) is 90.3 Å². The highest BCUT2D eigenvalue weighted by molar-refractivity contribution is 7.99. The number of aromatic nitrogens is 3. The standard InChI is InChI=1S/C26H31N5O2S/c1-4-17-31-24(23(19(2)3)28-25(33)21-13-9-6-10-14-21)29-30-26(31)34-18-22(32)27-16-15-20-11-7-5-8-12-20/h4-14,19,23H,1,15-18H2,2-3H3,(H,27,32)(H,28,33)/t23-/m0/s1. The minimum absolute atomic E-state index is 0.0616. The number of allylic oxidation sites excluding steroid dienone is 1. The third-order valence-corrected chi connectivity index (χ3v) is 6.20. The van der Waals surface area contributed by atoms with Gasteiger partial charge in [-0.1, -0.05) is 80.2 Å². The van der Waals surface area contributed by atoms with Crippen LogP contribution in [0.15, 0.2) is 78.5 Å². The maximum Gasteiger partial charge on any atom is 0.251 e. The van der Waals surface area contributed by atoms with Crippen molar-refractivity contribution in [2.24, 2.45) is 5.92 Å². The van der Waals surface area contributed by atoms with Crippen LogP contribution in [-0.4, -0.2) is 38.9 Å². The number of nitrogens with zero attached hydrogens (tertiary/aromatic N) is 3. The molecule has 0 radical (unpaired) electrons. The van der Waals surface area contributed by atoms with Gasteiger partial charge < -0.3 is 15.2 Å². The van der Waals surface area contributed by atoms with Crippen LogP contribution in [0.25, 0.3) is 0 Å². The number of benzene rings is 2. The molecule has 0 aliphatic carbocycles. The van der Waals surface area contributed by atoms with E-state index in [0.717, 1.165) is 6.42 Å². The Bertz CT molecular complexity index is 1080. The maximum absolute atomic E-state index is 12.8. The Morgan fingerprint density at radius 3 is 2.38 bits per heavy atom. The molecule has 0 fully saturated rings. The van der Waals surface area contributed by atoms with Crippen LogP contribution in [0.3, 0.4) is 0 Å². The van der Waals surface area contributed by atoms with Gasteiger partial charge in [0.15, 0.2) is 11.0 Å². The Labute approximate surface area is 205 Å². The van der Waals surface area contributed by atoms with E-state index in [9.17, 15) is 9.59 Å². The lowest BCUT2D eigenvalue weighted by molar-refractivity contribution is -0.118. The Morgan fingerprint density at radius 1 is 1.06 bits per heavy atom. The van der Waals surface area contributed by atoms with Gasteiger partial charge in [-0.05, 0) is 30.0 Å². The highest BCUT2D eigenvalue weighted by atomic mass is 32.2. The smallest absolute Gasteiger partial charge is 0.251 e. The molecule has 8 heteroatoms. The van der Waals surface area contributed by atoms with Crippen LogP contribution >= 0.6 is 11.8 Å². The van der Waals surface area contributed by atoms with Crippen molar-refractivity contribution in [3.63, 3.8) is 0 Å². The van der Waals surface area contributed by atoms with E-state index in [1.807, 2.05) is 66.9 Å². The Balaban J connectivity index is 1.64. The first-order valence-corrected chi connectivity index (χ1v) is 12.3. The molecule has 0 bridgehead atoms. The Morgan fingerprint density at radius 2 is 1.74 bits per heavy atom. The van der Waals surface area contributed by atoms with Crippen molar-refractivity contribution in [3.8, 4) is 0 Å². The van der Waals surface area contributed by atoms with Crippen molar-refractivity contribution in [1.29, 1.82) is 0 Å². The number of hydrogen-bond acceptors (Lipinski definition) is 5. The van der Waals surface area contributed by atoms with Crippen molar-refractivity contribution in [2.75, 3.05) is 12.3 Å². The first-order chi connectivity index (χ1) is 16.5. The van der Waals surface area contributed by atoms with E-state index >= 15 is 0 Å². The molecule has 0 saturated carbocycles. The zero-order valence-electron chi connectivity index (χ0n) is 19.6. The molecule has 0 aliphatic rings. The van der Waals surface area contributed by atoms with Gasteiger partial charge in [0.1, 0.15) is 0 Å². The maximum atomic E-state index is 12.8. The molecule has 1 heterocycles. The van der Waals surface area contributed by atoms with Crippen LogP contribution in [0.4, 0.5) is 0 Å². The summed E-state index contributed by atoms with van der Waals surface area (Å²) in [6.07, 6.45) is 2.54. The summed E-state index contributed by atoms with van der Waals surface area (Å²) < 4.78 is 1.91. The average Bonchev–Trinajstić information content (AvgIpc) is 3.24. The van der Waals surface area contributed by atoms with Gasteiger partial charge in [-0.15, -0.1) is 16.8 Å². The summed E-state index contributed by atoms with van der Waals surface area (Å²) in [4.78, 5) is 25.1. The number of carbonyl (C=O) groups is 2. The van der Waals surface area contributed by atoms with Crippen molar-refractivity contribution >= 4 is 23.6 Å². The SMILES string of the molecule is C=CCn1c(SCC(=O)NCCc2ccccc2)nnc1[C@@H](NC(=O)c1ccccc1)C(C)C. The number of rotatable bonds is 12. The van der Waals surface area contributed by atoms with Crippen LogP contribution in [0, 0.1) is 5.92 Å². The molecule has 2 aromatic carbocycles. The highest BCUT2D eigenvalue weighted by Gasteiger charge is 2.26. The number of carbonyl (C=O) groups excluding carboxylic acids is 2. The molecule has 7 nitrogen and oxygen atoms in total. The fraction of sp³-hybridized carbons (Fsp3) is 0.308. The van der Waals surface area contributed by atoms with Crippen LogP contribution in [0.2, 0.25) is 0 Å². The monoisotopic (exact) mass is 477 g/mol. The van der Waals surface area contributed by atoms with Crippen molar-refractivity contribution < 1.29 is 9.59 Å². The molecule has 1 atom stereocenters. The molecule has 1 aromatic heterocycles. The summed E-state index contributed by atoms with van der Waals surface area (Å²) in [6, 6.07) is 18.8. The second-order valence-electron chi connectivity index (χ2n) is 8.18. The third kappa shape index (κ3) is 7.05. The van der Waals surface area contributed by atoms with Gasteiger partial charge in [0.2, 0.25) is 5.91 Å². The molecular formula is C26H31N5O2S. The fourth-order valence-corrected chi connectivity index (χ4v) is 4.24. The molecule has 178 valence electrons. The lowest BCUT2D eigenvalue weighted by Crippen LogP contribution is -2.33. The fourth-order valence-electron chi connectivity index (χ4n) is 3.45. The first kappa shape index (κ1) is 25.2. The largest absolute Gasteiger partial charge is 0.355 e. The normalized spacial score (nSPS) is 11.7. The average molecular weight is 478 g/mol. The molecule has 0 spiro atoms. The van der Waals surface area contributed by atoms with E-state index in [4.69, 9.17) is 0 Å². The Hall–Kier alpha value is -3.39. The third-order valence-electron chi connectivity index (χ3n) is 5.24. The zero-order chi connectivity index (χ0) is 24.3. The van der Waals surface area contributed by atoms with Gasteiger partial charge in [0.25, 0.3) is 5.91 Å². The van der Waals surface area contributed by atoms with Gasteiger partial charge >= 0.3 is 0 Å². The van der Waals surface area contributed by atoms with Crippen LogP contribution in [0.5, 0.6) is 0 Å². The number of hydrogen-bond donors (Lipinski definition) is 2.